The van der Waals surface area contributed by atoms with E-state index in [0.717, 1.165) is 42.5 Å². The molecule has 2 heterocycles. The monoisotopic (exact) mass is 270 g/mol. The summed E-state index contributed by atoms with van der Waals surface area (Å²) < 4.78 is 0. The molecular weight excluding hydrogens is 252 g/mol. The molecule has 1 N–H and O–H groups in total. The summed E-state index contributed by atoms with van der Waals surface area (Å²) in [6.45, 7) is 2.41. The first kappa shape index (κ1) is 12.8. The number of hydrogen-bond acceptors (Lipinski definition) is 4. The number of benzene rings is 1. The van der Waals surface area contributed by atoms with Gasteiger partial charge in [0, 0.05) is 36.8 Å². The van der Waals surface area contributed by atoms with Gasteiger partial charge >= 0.3 is 0 Å². The Morgan fingerprint density at radius 1 is 1.25 bits per heavy atom. The molecule has 3 rings (SSSR count). The van der Waals surface area contributed by atoms with Crippen molar-refractivity contribution in [3.8, 4) is 0 Å². The van der Waals surface area contributed by atoms with Gasteiger partial charge in [-0.05, 0) is 12.8 Å². The second-order valence-corrected chi connectivity index (χ2v) is 5.05. The van der Waals surface area contributed by atoms with Crippen LogP contribution >= 0.6 is 0 Å². The van der Waals surface area contributed by atoms with Crippen LogP contribution in [-0.2, 0) is 4.79 Å². The molecule has 1 fully saturated rings. The lowest BCUT2D eigenvalue weighted by atomic mass is 10.2. The van der Waals surface area contributed by atoms with Gasteiger partial charge in [0.25, 0.3) is 0 Å². The zero-order valence-electron chi connectivity index (χ0n) is 11.4. The van der Waals surface area contributed by atoms with Crippen LogP contribution in [0.1, 0.15) is 19.3 Å². The van der Waals surface area contributed by atoms with Gasteiger partial charge < -0.3 is 10.2 Å². The van der Waals surface area contributed by atoms with Crippen molar-refractivity contribution in [2.24, 2.45) is 0 Å². The first-order chi connectivity index (χ1) is 9.84. The Bertz CT molecular complexity index is 602. The van der Waals surface area contributed by atoms with Crippen LogP contribution in [0.15, 0.2) is 30.5 Å². The Morgan fingerprint density at radius 2 is 2.05 bits per heavy atom. The van der Waals surface area contributed by atoms with Gasteiger partial charge in [0.2, 0.25) is 5.91 Å². The van der Waals surface area contributed by atoms with Gasteiger partial charge in [-0.3, -0.25) is 4.79 Å². The Balaban J connectivity index is 1.61. The van der Waals surface area contributed by atoms with Crippen LogP contribution in [0, 0.1) is 0 Å². The Labute approximate surface area is 118 Å². The molecule has 1 amide bonds. The van der Waals surface area contributed by atoms with E-state index in [-0.39, 0.29) is 5.91 Å². The number of nitrogens with one attached hydrogen (secondary N) is 1. The number of fused-ring (bicyclic) bond motifs is 1. The highest BCUT2D eigenvalue weighted by Gasteiger charge is 2.17. The predicted octanol–water partition coefficient (Wildman–Crippen LogP) is 2.05. The van der Waals surface area contributed by atoms with Gasteiger partial charge in [-0.15, -0.1) is 5.10 Å². The lowest BCUT2D eigenvalue weighted by Crippen LogP contribution is -2.29. The molecule has 0 spiro atoms. The van der Waals surface area contributed by atoms with E-state index >= 15 is 0 Å². The van der Waals surface area contributed by atoms with Crippen LogP contribution in [0.25, 0.3) is 10.8 Å². The predicted molar refractivity (Wildman–Crippen MR) is 78.5 cm³/mol. The van der Waals surface area contributed by atoms with Crippen molar-refractivity contribution in [2.45, 2.75) is 19.3 Å². The number of carbonyl (C=O) groups excluding carboxylic acids is 1. The van der Waals surface area contributed by atoms with Gasteiger partial charge in [0.15, 0.2) is 5.82 Å². The van der Waals surface area contributed by atoms with Gasteiger partial charge in [0.05, 0.1) is 6.20 Å². The van der Waals surface area contributed by atoms with E-state index in [2.05, 4.69) is 15.5 Å². The number of likely N-dealkylation sites (tertiary alicyclic amines) is 1. The quantitative estimate of drug-likeness (QED) is 0.924. The molecule has 20 heavy (non-hydrogen) atoms. The van der Waals surface area contributed by atoms with Gasteiger partial charge in [-0.2, -0.15) is 5.10 Å². The molecule has 1 aliphatic heterocycles. The molecular formula is C15H18N4O. The standard InChI is InChI=1S/C15H18N4O/c20-14(19-9-3-4-10-19)7-8-16-15-13-6-2-1-5-12(13)11-17-18-15/h1-2,5-6,11H,3-4,7-10H2,(H,16,18). The molecule has 0 aliphatic carbocycles. The lowest BCUT2D eigenvalue weighted by molar-refractivity contribution is -0.129. The molecule has 0 saturated carbocycles. The minimum Gasteiger partial charge on any atom is -0.368 e. The fraction of sp³-hybridized carbons (Fsp3) is 0.400. The van der Waals surface area contributed by atoms with E-state index in [4.69, 9.17) is 0 Å². The van der Waals surface area contributed by atoms with E-state index in [1.807, 2.05) is 29.2 Å². The summed E-state index contributed by atoms with van der Waals surface area (Å²) in [7, 11) is 0. The fourth-order valence-corrected chi connectivity index (χ4v) is 2.57. The summed E-state index contributed by atoms with van der Waals surface area (Å²) in [6, 6.07) is 7.97. The van der Waals surface area contributed by atoms with Crippen LogP contribution in [0.3, 0.4) is 0 Å². The van der Waals surface area contributed by atoms with Crippen molar-refractivity contribution in [2.75, 3.05) is 25.0 Å². The lowest BCUT2D eigenvalue weighted by Gasteiger charge is -2.15. The molecule has 1 aromatic carbocycles. The normalized spacial score (nSPS) is 14.7. The topological polar surface area (TPSA) is 58.1 Å². The fourth-order valence-electron chi connectivity index (χ4n) is 2.57. The minimum atomic E-state index is 0.225. The summed E-state index contributed by atoms with van der Waals surface area (Å²) in [5.41, 5.74) is 0. The van der Waals surface area contributed by atoms with Crippen molar-refractivity contribution >= 4 is 22.5 Å². The second kappa shape index (κ2) is 5.86. The molecule has 0 unspecified atom stereocenters. The highest BCUT2D eigenvalue weighted by Crippen LogP contribution is 2.19. The van der Waals surface area contributed by atoms with Crippen LogP contribution in [0.5, 0.6) is 0 Å². The van der Waals surface area contributed by atoms with E-state index in [0.29, 0.717) is 13.0 Å². The number of aromatic nitrogens is 2. The average molecular weight is 270 g/mol. The first-order valence-electron chi connectivity index (χ1n) is 7.07. The van der Waals surface area contributed by atoms with Gasteiger partial charge in [-0.25, -0.2) is 0 Å². The van der Waals surface area contributed by atoms with E-state index in [9.17, 15) is 4.79 Å². The molecule has 1 saturated heterocycles. The maximum atomic E-state index is 11.9. The Kier molecular flexibility index (Phi) is 3.76. The van der Waals surface area contributed by atoms with Crippen LogP contribution in [0.2, 0.25) is 0 Å². The summed E-state index contributed by atoms with van der Waals surface area (Å²) in [5.74, 6) is 0.973. The van der Waals surface area contributed by atoms with Gasteiger partial charge in [0.1, 0.15) is 0 Å². The van der Waals surface area contributed by atoms with Crippen LogP contribution in [-0.4, -0.2) is 40.6 Å². The maximum Gasteiger partial charge on any atom is 0.224 e. The summed E-state index contributed by atoms with van der Waals surface area (Å²) >= 11 is 0. The number of carbonyl (C=O) groups is 1. The molecule has 104 valence electrons. The van der Waals surface area contributed by atoms with Crippen molar-refractivity contribution in [3.63, 3.8) is 0 Å². The number of anilines is 1. The third kappa shape index (κ3) is 2.71. The van der Waals surface area contributed by atoms with Crippen LogP contribution < -0.4 is 5.32 Å². The Hall–Kier alpha value is -2.17. The third-order valence-corrected chi connectivity index (χ3v) is 3.66. The number of nitrogens with zero attached hydrogens (tertiary/aromatic N) is 3. The highest BCUT2D eigenvalue weighted by molar-refractivity contribution is 5.91. The van der Waals surface area contributed by atoms with Crippen molar-refractivity contribution < 1.29 is 4.79 Å². The molecule has 0 atom stereocenters. The van der Waals surface area contributed by atoms with Crippen molar-refractivity contribution in [1.82, 2.24) is 15.1 Å². The summed E-state index contributed by atoms with van der Waals surface area (Å²) in [4.78, 5) is 13.9. The van der Waals surface area contributed by atoms with E-state index < -0.39 is 0 Å². The van der Waals surface area contributed by atoms with Crippen molar-refractivity contribution in [1.29, 1.82) is 0 Å². The molecule has 2 aromatic rings. The smallest absolute Gasteiger partial charge is 0.224 e. The van der Waals surface area contributed by atoms with Crippen molar-refractivity contribution in [3.05, 3.63) is 30.5 Å². The van der Waals surface area contributed by atoms with Crippen LogP contribution in [0.4, 0.5) is 5.82 Å². The Morgan fingerprint density at radius 3 is 2.90 bits per heavy atom. The zero-order valence-corrected chi connectivity index (χ0v) is 11.4. The van der Waals surface area contributed by atoms with E-state index in [1.165, 1.54) is 0 Å². The number of hydrogen-bond donors (Lipinski definition) is 1. The maximum absolute atomic E-state index is 11.9. The number of amides is 1. The number of rotatable bonds is 4. The molecule has 0 bridgehead atoms. The van der Waals surface area contributed by atoms with E-state index in [1.54, 1.807) is 6.20 Å². The second-order valence-electron chi connectivity index (χ2n) is 5.05. The average Bonchev–Trinajstić information content (AvgIpc) is 3.02. The summed E-state index contributed by atoms with van der Waals surface area (Å²) in [6.07, 6.45) is 4.52. The molecule has 0 radical (unpaired) electrons. The third-order valence-electron chi connectivity index (χ3n) is 3.66. The highest BCUT2D eigenvalue weighted by atomic mass is 16.2. The molecule has 1 aliphatic rings. The molecule has 1 aromatic heterocycles. The minimum absolute atomic E-state index is 0.225. The van der Waals surface area contributed by atoms with Gasteiger partial charge in [-0.1, -0.05) is 24.3 Å². The largest absolute Gasteiger partial charge is 0.368 e. The summed E-state index contributed by atoms with van der Waals surface area (Å²) in [5, 5.41) is 13.4. The molecule has 5 heteroatoms. The zero-order chi connectivity index (χ0) is 13.8. The SMILES string of the molecule is O=C(CCNc1nncc2ccccc12)N1CCCC1. The molecule has 5 nitrogen and oxygen atoms in total. The first-order valence-corrected chi connectivity index (χ1v) is 7.07.